The predicted octanol–water partition coefficient (Wildman–Crippen LogP) is 4.65. The van der Waals surface area contributed by atoms with Crippen molar-refractivity contribution in [3.8, 4) is 11.1 Å². The Morgan fingerprint density at radius 3 is 1.88 bits per heavy atom. The van der Waals surface area contributed by atoms with Crippen molar-refractivity contribution in [3.05, 3.63) is 60.2 Å². The standard InChI is InChI=1S/C16H18/c1-16(2,3)15-12-8-7-11-14(15)13-9-5-4-6-10-13/h4-12H,1-3H3. The normalized spacial score (nSPS) is 11.4. The average molecular weight is 210 g/mol. The van der Waals surface area contributed by atoms with Crippen LogP contribution in [-0.2, 0) is 5.41 Å². The van der Waals surface area contributed by atoms with Crippen molar-refractivity contribution < 1.29 is 0 Å². The number of hydrogen-bond acceptors (Lipinski definition) is 0. The minimum absolute atomic E-state index is 0.187. The van der Waals surface area contributed by atoms with Crippen LogP contribution in [0.25, 0.3) is 11.1 Å². The predicted molar refractivity (Wildman–Crippen MR) is 70.6 cm³/mol. The molecular formula is C16H18. The van der Waals surface area contributed by atoms with Crippen molar-refractivity contribution in [1.29, 1.82) is 0 Å². The average Bonchev–Trinajstić information content (AvgIpc) is 2.29. The molecule has 0 aliphatic rings. The Labute approximate surface area is 97.9 Å². The van der Waals surface area contributed by atoms with E-state index < -0.39 is 0 Å². The van der Waals surface area contributed by atoms with E-state index >= 15 is 0 Å². The molecule has 0 fully saturated rings. The van der Waals surface area contributed by atoms with Crippen LogP contribution in [0.2, 0.25) is 0 Å². The van der Waals surface area contributed by atoms with Crippen LogP contribution in [-0.4, -0.2) is 0 Å². The summed E-state index contributed by atoms with van der Waals surface area (Å²) in [5.41, 5.74) is 4.23. The van der Waals surface area contributed by atoms with Crippen molar-refractivity contribution in [1.82, 2.24) is 0 Å². The summed E-state index contributed by atoms with van der Waals surface area (Å²) in [6.07, 6.45) is 0. The molecule has 16 heavy (non-hydrogen) atoms. The second-order valence-corrected chi connectivity index (χ2v) is 5.16. The van der Waals surface area contributed by atoms with Gasteiger partial charge in [-0.15, -0.1) is 0 Å². The summed E-state index contributed by atoms with van der Waals surface area (Å²) in [6, 6.07) is 19.2. The van der Waals surface area contributed by atoms with Gasteiger partial charge in [-0.25, -0.2) is 0 Å². The summed E-state index contributed by atoms with van der Waals surface area (Å²) in [7, 11) is 0. The molecule has 0 nitrogen and oxygen atoms in total. The first-order chi connectivity index (χ1) is 7.59. The molecule has 0 atom stereocenters. The first-order valence-corrected chi connectivity index (χ1v) is 5.74. The summed E-state index contributed by atoms with van der Waals surface area (Å²) in [5, 5.41) is 0. The molecule has 0 heteroatoms. The minimum atomic E-state index is 0.187. The molecule has 2 aromatic rings. The van der Waals surface area contributed by atoms with Gasteiger partial charge in [0.05, 0.1) is 0 Å². The van der Waals surface area contributed by atoms with Gasteiger partial charge in [0.1, 0.15) is 0 Å². The molecule has 0 aliphatic carbocycles. The van der Waals surface area contributed by atoms with E-state index in [1.807, 2.05) is 0 Å². The van der Waals surface area contributed by atoms with Gasteiger partial charge in [-0.3, -0.25) is 0 Å². The molecule has 0 unspecified atom stereocenters. The van der Waals surface area contributed by atoms with E-state index in [1.54, 1.807) is 0 Å². The van der Waals surface area contributed by atoms with Crippen LogP contribution in [0, 0.1) is 0 Å². The van der Waals surface area contributed by atoms with Crippen LogP contribution in [0.4, 0.5) is 0 Å². The lowest BCUT2D eigenvalue weighted by Crippen LogP contribution is -2.12. The first kappa shape index (κ1) is 10.9. The van der Waals surface area contributed by atoms with Gasteiger partial charge in [0.15, 0.2) is 0 Å². The zero-order valence-corrected chi connectivity index (χ0v) is 10.2. The molecule has 0 radical (unpaired) electrons. The van der Waals surface area contributed by atoms with Gasteiger partial charge in [0, 0.05) is 0 Å². The second-order valence-electron chi connectivity index (χ2n) is 5.16. The fraction of sp³-hybridized carbons (Fsp3) is 0.250. The van der Waals surface area contributed by atoms with Crippen molar-refractivity contribution in [2.24, 2.45) is 0 Å². The highest BCUT2D eigenvalue weighted by molar-refractivity contribution is 5.68. The lowest BCUT2D eigenvalue weighted by atomic mass is 9.82. The van der Waals surface area contributed by atoms with E-state index in [4.69, 9.17) is 0 Å². The molecule has 0 saturated carbocycles. The van der Waals surface area contributed by atoms with Gasteiger partial charge in [0.2, 0.25) is 0 Å². The van der Waals surface area contributed by atoms with Gasteiger partial charge >= 0.3 is 0 Å². The van der Waals surface area contributed by atoms with Gasteiger partial charge < -0.3 is 0 Å². The van der Waals surface area contributed by atoms with Crippen LogP contribution in [0.15, 0.2) is 54.6 Å². The maximum absolute atomic E-state index is 2.26. The Bertz CT molecular complexity index is 461. The molecular weight excluding hydrogens is 192 g/mol. The number of benzene rings is 2. The molecule has 2 rings (SSSR count). The summed E-state index contributed by atoms with van der Waals surface area (Å²) >= 11 is 0. The largest absolute Gasteiger partial charge is 0.0622 e. The first-order valence-electron chi connectivity index (χ1n) is 5.74. The highest BCUT2D eigenvalue weighted by atomic mass is 14.2. The second kappa shape index (κ2) is 4.13. The molecule has 0 N–H and O–H groups in total. The molecule has 0 aliphatic heterocycles. The van der Waals surface area contributed by atoms with Crippen molar-refractivity contribution in [2.45, 2.75) is 26.2 Å². The third kappa shape index (κ3) is 2.16. The number of hydrogen-bond donors (Lipinski definition) is 0. The molecule has 0 aromatic heterocycles. The fourth-order valence-electron chi connectivity index (χ4n) is 2.01. The van der Waals surface area contributed by atoms with Gasteiger partial charge in [0.25, 0.3) is 0 Å². The molecule has 0 heterocycles. The van der Waals surface area contributed by atoms with E-state index in [0.717, 1.165) is 0 Å². The van der Waals surface area contributed by atoms with Crippen LogP contribution in [0.3, 0.4) is 0 Å². The summed E-state index contributed by atoms with van der Waals surface area (Å²) in [4.78, 5) is 0. The lowest BCUT2D eigenvalue weighted by molar-refractivity contribution is 0.592. The number of rotatable bonds is 1. The maximum Gasteiger partial charge on any atom is -0.0126 e. The third-order valence-corrected chi connectivity index (χ3v) is 2.82. The Balaban J connectivity index is 2.58. The summed E-state index contributed by atoms with van der Waals surface area (Å²) in [6.45, 7) is 6.78. The van der Waals surface area contributed by atoms with Gasteiger partial charge in [-0.05, 0) is 22.1 Å². The third-order valence-electron chi connectivity index (χ3n) is 2.82. The van der Waals surface area contributed by atoms with Crippen molar-refractivity contribution in [2.75, 3.05) is 0 Å². The zero-order valence-electron chi connectivity index (χ0n) is 10.2. The Morgan fingerprint density at radius 2 is 1.25 bits per heavy atom. The van der Waals surface area contributed by atoms with Crippen LogP contribution in [0.1, 0.15) is 26.3 Å². The highest BCUT2D eigenvalue weighted by Gasteiger charge is 2.17. The molecule has 0 amide bonds. The van der Waals surface area contributed by atoms with Crippen molar-refractivity contribution >= 4 is 0 Å². The van der Waals surface area contributed by atoms with E-state index in [9.17, 15) is 0 Å². The van der Waals surface area contributed by atoms with Crippen LogP contribution >= 0.6 is 0 Å². The lowest BCUT2D eigenvalue weighted by Gasteiger charge is -2.23. The fourth-order valence-corrected chi connectivity index (χ4v) is 2.01. The summed E-state index contributed by atoms with van der Waals surface area (Å²) < 4.78 is 0. The van der Waals surface area contributed by atoms with E-state index in [2.05, 4.69) is 75.4 Å². The molecule has 2 aromatic carbocycles. The van der Waals surface area contributed by atoms with E-state index in [0.29, 0.717) is 0 Å². The Kier molecular flexibility index (Phi) is 2.82. The zero-order chi connectivity index (χ0) is 11.6. The SMILES string of the molecule is CC(C)(C)c1ccccc1-c1ccccc1. The van der Waals surface area contributed by atoms with Crippen LogP contribution in [0.5, 0.6) is 0 Å². The molecule has 82 valence electrons. The monoisotopic (exact) mass is 210 g/mol. The quantitative estimate of drug-likeness (QED) is 0.642. The van der Waals surface area contributed by atoms with Gasteiger partial charge in [-0.1, -0.05) is 75.4 Å². The summed E-state index contributed by atoms with van der Waals surface area (Å²) in [5.74, 6) is 0. The molecule has 0 saturated heterocycles. The van der Waals surface area contributed by atoms with E-state index in [-0.39, 0.29) is 5.41 Å². The maximum atomic E-state index is 2.26. The minimum Gasteiger partial charge on any atom is -0.0622 e. The van der Waals surface area contributed by atoms with Gasteiger partial charge in [-0.2, -0.15) is 0 Å². The smallest absolute Gasteiger partial charge is 0.0126 e. The Morgan fingerprint density at radius 1 is 0.688 bits per heavy atom. The Hall–Kier alpha value is -1.56. The highest BCUT2D eigenvalue weighted by Crippen LogP contribution is 2.32. The topological polar surface area (TPSA) is 0 Å². The van der Waals surface area contributed by atoms with Crippen LogP contribution < -0.4 is 0 Å². The van der Waals surface area contributed by atoms with Crippen molar-refractivity contribution in [3.63, 3.8) is 0 Å². The van der Waals surface area contributed by atoms with E-state index in [1.165, 1.54) is 16.7 Å². The molecule has 0 bridgehead atoms. The molecule has 0 spiro atoms.